The summed E-state index contributed by atoms with van der Waals surface area (Å²) in [6.45, 7) is 2.15. The molecule has 26 heavy (non-hydrogen) atoms. The third-order valence-electron chi connectivity index (χ3n) is 5.96. The summed E-state index contributed by atoms with van der Waals surface area (Å²) in [6.07, 6.45) is 6.67. The highest BCUT2D eigenvalue weighted by atomic mass is 19.1. The predicted molar refractivity (Wildman–Crippen MR) is 95.8 cm³/mol. The number of hydrogen-bond donors (Lipinski definition) is 1. The third kappa shape index (κ3) is 2.35. The lowest BCUT2D eigenvalue weighted by Gasteiger charge is -2.33. The Hall–Kier alpha value is -2.63. The Kier molecular flexibility index (Phi) is 3.26. The van der Waals surface area contributed by atoms with Crippen molar-refractivity contribution in [1.82, 2.24) is 9.78 Å². The van der Waals surface area contributed by atoms with Gasteiger partial charge in [0.05, 0.1) is 11.9 Å². The number of hydrogen-bond acceptors (Lipinski definition) is 3. The molecule has 4 nitrogen and oxygen atoms in total. The molecule has 5 rings (SSSR count). The molecule has 2 heterocycles. The van der Waals surface area contributed by atoms with E-state index < -0.39 is 17.4 Å². The summed E-state index contributed by atoms with van der Waals surface area (Å²) in [5, 5.41) is 14.0. The van der Waals surface area contributed by atoms with Gasteiger partial charge in [-0.05, 0) is 61.4 Å². The Morgan fingerprint density at radius 2 is 1.62 bits per heavy atom. The molecule has 3 aromatic rings. The van der Waals surface area contributed by atoms with Crippen molar-refractivity contribution in [3.05, 3.63) is 48.2 Å². The van der Waals surface area contributed by atoms with E-state index in [-0.39, 0.29) is 5.52 Å². The van der Waals surface area contributed by atoms with Gasteiger partial charge in [0.25, 0.3) is 0 Å². The molecule has 1 aromatic heterocycles. The number of phenols is 1. The fraction of sp³-hybridized carbons (Fsp3) is 0.350. The largest absolute Gasteiger partial charge is 0.503 e. The van der Waals surface area contributed by atoms with Crippen molar-refractivity contribution in [2.24, 2.45) is 5.41 Å². The second kappa shape index (κ2) is 5.43. The highest BCUT2D eigenvalue weighted by Gasteiger charge is 2.44. The summed E-state index contributed by atoms with van der Waals surface area (Å²) >= 11 is 0. The molecule has 1 aliphatic heterocycles. The Morgan fingerprint density at radius 3 is 2.27 bits per heavy atom. The summed E-state index contributed by atoms with van der Waals surface area (Å²) in [7, 11) is 0. The van der Waals surface area contributed by atoms with Crippen LogP contribution in [0.15, 0.2) is 36.5 Å². The summed E-state index contributed by atoms with van der Waals surface area (Å²) in [5.74, 6) is -2.95. The van der Waals surface area contributed by atoms with Crippen LogP contribution in [0, 0.1) is 17.0 Å². The molecule has 0 radical (unpaired) electrons. The van der Waals surface area contributed by atoms with E-state index >= 15 is 0 Å². The van der Waals surface area contributed by atoms with Gasteiger partial charge in [-0.3, -0.25) is 0 Å². The van der Waals surface area contributed by atoms with Gasteiger partial charge in [-0.15, -0.1) is 0 Å². The number of aromatic nitrogens is 2. The summed E-state index contributed by atoms with van der Waals surface area (Å²) in [5.41, 5.74) is 2.53. The van der Waals surface area contributed by atoms with Gasteiger partial charge in [-0.2, -0.15) is 5.10 Å². The van der Waals surface area contributed by atoms with E-state index in [1.165, 1.54) is 36.6 Å². The zero-order valence-corrected chi connectivity index (χ0v) is 14.3. The fourth-order valence-corrected chi connectivity index (χ4v) is 4.02. The van der Waals surface area contributed by atoms with Gasteiger partial charge in [-0.1, -0.05) is 0 Å². The molecular formula is C20H19F2N3O. The van der Waals surface area contributed by atoms with E-state index in [0.29, 0.717) is 16.5 Å². The van der Waals surface area contributed by atoms with Gasteiger partial charge in [0.15, 0.2) is 17.4 Å². The maximum absolute atomic E-state index is 14.3. The van der Waals surface area contributed by atoms with Crippen LogP contribution in [0.1, 0.15) is 25.7 Å². The molecule has 0 amide bonds. The maximum Gasteiger partial charge on any atom is 0.194 e. The number of nitrogens with zero attached hydrogens (tertiary/aromatic N) is 3. The van der Waals surface area contributed by atoms with E-state index in [9.17, 15) is 13.9 Å². The molecule has 1 saturated carbocycles. The van der Waals surface area contributed by atoms with Crippen LogP contribution in [-0.2, 0) is 0 Å². The number of aromatic hydroxyl groups is 1. The van der Waals surface area contributed by atoms with Gasteiger partial charge in [-0.25, -0.2) is 13.5 Å². The molecule has 2 aromatic carbocycles. The SMILES string of the molecule is Oc1c(F)cc2cnn(-c3ccc(N4CCC5(CC4)CC5)cc3)c2c1F. The van der Waals surface area contributed by atoms with Crippen molar-refractivity contribution >= 4 is 16.6 Å². The summed E-state index contributed by atoms with van der Waals surface area (Å²) < 4.78 is 29.2. The molecule has 1 aliphatic carbocycles. The molecular weight excluding hydrogens is 336 g/mol. The first-order valence-electron chi connectivity index (χ1n) is 8.96. The van der Waals surface area contributed by atoms with Crippen molar-refractivity contribution in [3.63, 3.8) is 0 Å². The molecule has 0 bridgehead atoms. The maximum atomic E-state index is 14.3. The highest BCUT2D eigenvalue weighted by molar-refractivity contribution is 5.82. The minimum atomic E-state index is -0.993. The summed E-state index contributed by atoms with van der Waals surface area (Å²) in [4.78, 5) is 2.39. The molecule has 2 fully saturated rings. The van der Waals surface area contributed by atoms with Crippen LogP contribution >= 0.6 is 0 Å². The Balaban J connectivity index is 1.46. The van der Waals surface area contributed by atoms with Gasteiger partial charge < -0.3 is 10.0 Å². The number of halogens is 2. The lowest BCUT2D eigenvalue weighted by molar-refractivity contribution is 0.384. The first kappa shape index (κ1) is 15.6. The van der Waals surface area contributed by atoms with Crippen LogP contribution in [0.4, 0.5) is 14.5 Å². The normalized spacial score (nSPS) is 18.6. The fourth-order valence-electron chi connectivity index (χ4n) is 4.02. The van der Waals surface area contributed by atoms with Crippen molar-refractivity contribution in [2.45, 2.75) is 25.7 Å². The second-order valence-corrected chi connectivity index (χ2v) is 7.52. The minimum absolute atomic E-state index is 0.0743. The van der Waals surface area contributed by atoms with Crippen LogP contribution in [0.5, 0.6) is 5.75 Å². The molecule has 6 heteroatoms. The van der Waals surface area contributed by atoms with Crippen molar-refractivity contribution < 1.29 is 13.9 Å². The van der Waals surface area contributed by atoms with Crippen molar-refractivity contribution in [2.75, 3.05) is 18.0 Å². The van der Waals surface area contributed by atoms with Crippen molar-refractivity contribution in [3.8, 4) is 11.4 Å². The molecule has 2 aliphatic rings. The van der Waals surface area contributed by atoms with Crippen LogP contribution in [0.25, 0.3) is 16.6 Å². The minimum Gasteiger partial charge on any atom is -0.503 e. The van der Waals surface area contributed by atoms with Crippen LogP contribution in [0.3, 0.4) is 0 Å². The van der Waals surface area contributed by atoms with Crippen LogP contribution in [0.2, 0.25) is 0 Å². The third-order valence-corrected chi connectivity index (χ3v) is 5.96. The topological polar surface area (TPSA) is 41.3 Å². The molecule has 1 saturated heterocycles. The number of benzene rings is 2. The number of phenolic OH excluding ortho intramolecular Hbond substituents is 1. The standard InChI is InChI=1S/C20H19F2N3O/c21-16-11-13-12-23-25(18(13)17(22)19(16)26)15-3-1-14(2-4-15)24-9-7-20(5-6-20)8-10-24/h1-4,11-12,26H,5-10H2. The molecule has 0 atom stereocenters. The van der Waals surface area contributed by atoms with Gasteiger partial charge in [0, 0.05) is 24.2 Å². The Morgan fingerprint density at radius 1 is 0.962 bits per heavy atom. The lowest BCUT2D eigenvalue weighted by Crippen LogP contribution is -2.34. The first-order chi connectivity index (χ1) is 12.6. The smallest absolute Gasteiger partial charge is 0.194 e. The quantitative estimate of drug-likeness (QED) is 0.741. The molecule has 1 N–H and O–H groups in total. The van der Waals surface area contributed by atoms with E-state index in [0.717, 1.165) is 24.8 Å². The van der Waals surface area contributed by atoms with E-state index in [2.05, 4.69) is 10.00 Å². The number of rotatable bonds is 2. The molecule has 0 unspecified atom stereocenters. The first-order valence-corrected chi connectivity index (χ1v) is 8.96. The average Bonchev–Trinajstić information content (AvgIpc) is 3.28. The Bertz CT molecular complexity index is 982. The van der Waals surface area contributed by atoms with E-state index in [4.69, 9.17) is 0 Å². The number of fused-ring (bicyclic) bond motifs is 1. The molecule has 1 spiro atoms. The number of anilines is 1. The monoisotopic (exact) mass is 355 g/mol. The van der Waals surface area contributed by atoms with Crippen molar-refractivity contribution in [1.29, 1.82) is 0 Å². The van der Waals surface area contributed by atoms with E-state index in [1.807, 2.05) is 24.3 Å². The van der Waals surface area contributed by atoms with E-state index in [1.54, 1.807) is 0 Å². The second-order valence-electron chi connectivity index (χ2n) is 7.52. The summed E-state index contributed by atoms with van der Waals surface area (Å²) in [6, 6.07) is 8.86. The zero-order valence-electron chi connectivity index (χ0n) is 14.3. The van der Waals surface area contributed by atoms with Gasteiger partial charge in [0.1, 0.15) is 5.52 Å². The van der Waals surface area contributed by atoms with Crippen LogP contribution in [-0.4, -0.2) is 28.0 Å². The zero-order chi connectivity index (χ0) is 17.9. The van der Waals surface area contributed by atoms with Gasteiger partial charge >= 0.3 is 0 Å². The molecule has 134 valence electrons. The van der Waals surface area contributed by atoms with Gasteiger partial charge in [0.2, 0.25) is 0 Å². The highest BCUT2D eigenvalue weighted by Crippen LogP contribution is 2.53. The average molecular weight is 355 g/mol. The van der Waals surface area contributed by atoms with Crippen LogP contribution < -0.4 is 4.90 Å². The predicted octanol–water partition coefficient (Wildman–Crippen LogP) is 4.39. The number of piperidine rings is 1. The Labute approximate surface area is 149 Å². The lowest BCUT2D eigenvalue weighted by atomic mass is 9.93.